The zero-order valence-corrected chi connectivity index (χ0v) is 8.53. The zero-order chi connectivity index (χ0) is 11.7. The molecule has 0 aliphatic heterocycles. The molecule has 0 saturated carbocycles. The third kappa shape index (κ3) is 2.79. The maximum absolute atomic E-state index is 12.7. The molecule has 0 unspecified atom stereocenters. The SMILES string of the molecule is Cl.N[C@@H](c1cccnc1)C(F)(F)C(F)(F)F. The van der Waals surface area contributed by atoms with E-state index >= 15 is 0 Å². The first-order valence-corrected chi connectivity index (χ1v) is 3.87. The number of pyridine rings is 1. The molecule has 0 bridgehead atoms. The third-order valence-corrected chi connectivity index (χ3v) is 1.81. The number of hydrogen-bond acceptors (Lipinski definition) is 2. The van der Waals surface area contributed by atoms with E-state index in [1.807, 2.05) is 0 Å². The molecule has 1 aromatic heterocycles. The predicted octanol–water partition coefficient (Wildman–Crippen LogP) is 2.70. The molecule has 1 aromatic rings. The first-order chi connectivity index (χ1) is 6.77. The first-order valence-electron chi connectivity index (χ1n) is 3.87. The molecule has 0 radical (unpaired) electrons. The minimum Gasteiger partial charge on any atom is -0.319 e. The summed E-state index contributed by atoms with van der Waals surface area (Å²) in [5.74, 6) is -4.96. The molecular formula is C8H8ClF5N2. The topological polar surface area (TPSA) is 38.9 Å². The number of rotatable bonds is 2. The number of nitrogens with two attached hydrogens (primary N) is 1. The number of aromatic nitrogens is 1. The number of halogens is 6. The average Bonchev–Trinajstić information content (AvgIpc) is 2.16. The Hall–Kier alpha value is -0.950. The van der Waals surface area contributed by atoms with Crippen LogP contribution in [-0.2, 0) is 0 Å². The van der Waals surface area contributed by atoms with Crippen molar-refractivity contribution < 1.29 is 22.0 Å². The van der Waals surface area contributed by atoms with Crippen molar-refractivity contribution in [3.05, 3.63) is 30.1 Å². The maximum atomic E-state index is 12.7. The molecule has 1 atom stereocenters. The minimum absolute atomic E-state index is 0. The van der Waals surface area contributed by atoms with E-state index in [-0.39, 0.29) is 18.0 Å². The Morgan fingerprint density at radius 2 is 1.75 bits per heavy atom. The van der Waals surface area contributed by atoms with Crippen molar-refractivity contribution >= 4 is 12.4 Å². The van der Waals surface area contributed by atoms with E-state index in [0.29, 0.717) is 0 Å². The number of hydrogen-bond donors (Lipinski definition) is 1. The molecule has 8 heteroatoms. The summed E-state index contributed by atoms with van der Waals surface area (Å²) in [5.41, 5.74) is 4.49. The van der Waals surface area contributed by atoms with Gasteiger partial charge >= 0.3 is 12.1 Å². The van der Waals surface area contributed by atoms with Gasteiger partial charge in [0.25, 0.3) is 0 Å². The Morgan fingerprint density at radius 3 is 2.12 bits per heavy atom. The van der Waals surface area contributed by atoms with E-state index in [2.05, 4.69) is 4.98 Å². The summed E-state index contributed by atoms with van der Waals surface area (Å²) in [5, 5.41) is 0. The first kappa shape index (κ1) is 15.0. The molecule has 16 heavy (non-hydrogen) atoms. The van der Waals surface area contributed by atoms with Gasteiger partial charge in [0, 0.05) is 12.4 Å². The molecule has 0 aliphatic rings. The lowest BCUT2D eigenvalue weighted by molar-refractivity contribution is -0.291. The van der Waals surface area contributed by atoms with Crippen molar-refractivity contribution in [3.63, 3.8) is 0 Å². The second-order valence-electron chi connectivity index (χ2n) is 2.88. The molecule has 2 nitrogen and oxygen atoms in total. The summed E-state index contributed by atoms with van der Waals surface area (Å²) in [6.07, 6.45) is -3.53. The molecule has 1 heterocycles. The quantitative estimate of drug-likeness (QED) is 0.833. The van der Waals surface area contributed by atoms with E-state index in [9.17, 15) is 22.0 Å². The Kier molecular flexibility index (Phi) is 4.63. The average molecular weight is 263 g/mol. The van der Waals surface area contributed by atoms with Crippen LogP contribution >= 0.6 is 12.4 Å². The largest absolute Gasteiger partial charge is 0.455 e. The van der Waals surface area contributed by atoms with Crippen LogP contribution < -0.4 is 5.73 Å². The Morgan fingerprint density at radius 1 is 1.19 bits per heavy atom. The van der Waals surface area contributed by atoms with Crippen molar-refractivity contribution in [1.82, 2.24) is 4.98 Å². The normalized spacial score (nSPS) is 14.1. The van der Waals surface area contributed by atoms with Crippen LogP contribution in [0.3, 0.4) is 0 Å². The lowest BCUT2D eigenvalue weighted by atomic mass is 10.0. The highest BCUT2D eigenvalue weighted by molar-refractivity contribution is 5.85. The van der Waals surface area contributed by atoms with E-state index < -0.39 is 18.1 Å². The smallest absolute Gasteiger partial charge is 0.319 e. The van der Waals surface area contributed by atoms with E-state index in [1.54, 1.807) is 0 Å². The van der Waals surface area contributed by atoms with Gasteiger partial charge in [0.15, 0.2) is 0 Å². The highest BCUT2D eigenvalue weighted by Crippen LogP contribution is 2.42. The van der Waals surface area contributed by atoms with Gasteiger partial charge in [-0.3, -0.25) is 4.98 Å². The van der Waals surface area contributed by atoms with Crippen LogP contribution in [-0.4, -0.2) is 17.1 Å². The molecule has 0 spiro atoms. The van der Waals surface area contributed by atoms with Crippen LogP contribution in [0.2, 0.25) is 0 Å². The van der Waals surface area contributed by atoms with Crippen LogP contribution in [0.4, 0.5) is 22.0 Å². The molecule has 0 fully saturated rings. The van der Waals surface area contributed by atoms with E-state index in [4.69, 9.17) is 5.73 Å². The number of alkyl halides is 5. The van der Waals surface area contributed by atoms with E-state index in [0.717, 1.165) is 12.3 Å². The Bertz CT molecular complexity index is 327. The second kappa shape index (κ2) is 4.92. The fourth-order valence-electron chi connectivity index (χ4n) is 0.946. The van der Waals surface area contributed by atoms with Crippen LogP contribution in [0.1, 0.15) is 11.6 Å². The van der Waals surface area contributed by atoms with Crippen molar-refractivity contribution in [2.45, 2.75) is 18.1 Å². The highest BCUT2D eigenvalue weighted by atomic mass is 35.5. The Balaban J connectivity index is 0.00000225. The molecule has 0 amide bonds. The highest BCUT2D eigenvalue weighted by Gasteiger charge is 2.61. The van der Waals surface area contributed by atoms with Crippen molar-refractivity contribution in [2.75, 3.05) is 0 Å². The van der Waals surface area contributed by atoms with Crippen LogP contribution in [0.15, 0.2) is 24.5 Å². The third-order valence-electron chi connectivity index (χ3n) is 1.81. The van der Waals surface area contributed by atoms with Gasteiger partial charge in [0.1, 0.15) is 6.04 Å². The van der Waals surface area contributed by atoms with Gasteiger partial charge in [-0.05, 0) is 11.6 Å². The Labute approximate surface area is 94.1 Å². The van der Waals surface area contributed by atoms with Gasteiger partial charge < -0.3 is 5.73 Å². The number of nitrogens with zero attached hydrogens (tertiary/aromatic N) is 1. The summed E-state index contributed by atoms with van der Waals surface area (Å²) in [6, 6.07) is -0.134. The van der Waals surface area contributed by atoms with Gasteiger partial charge in [-0.2, -0.15) is 22.0 Å². The standard InChI is InChI=1S/C8H7F5N2.ClH/c9-7(10,8(11,12)13)6(14)5-2-1-3-15-4-5;/h1-4,6H,14H2;1H/t6-;/m0./s1. The molecule has 0 saturated heterocycles. The molecular weight excluding hydrogens is 255 g/mol. The molecule has 1 rings (SSSR count). The minimum atomic E-state index is -5.66. The summed E-state index contributed by atoms with van der Waals surface area (Å²) < 4.78 is 61.2. The van der Waals surface area contributed by atoms with Crippen molar-refractivity contribution in [2.24, 2.45) is 5.73 Å². The predicted molar refractivity (Wildman–Crippen MR) is 49.4 cm³/mol. The summed E-state index contributed by atoms with van der Waals surface area (Å²) in [6.45, 7) is 0. The molecule has 0 aromatic carbocycles. The van der Waals surface area contributed by atoms with Gasteiger partial charge in [0.05, 0.1) is 0 Å². The van der Waals surface area contributed by atoms with Crippen molar-refractivity contribution in [1.29, 1.82) is 0 Å². The lowest BCUT2D eigenvalue weighted by Crippen LogP contribution is -2.45. The fourth-order valence-corrected chi connectivity index (χ4v) is 0.946. The second-order valence-corrected chi connectivity index (χ2v) is 2.88. The summed E-state index contributed by atoms with van der Waals surface area (Å²) in [7, 11) is 0. The van der Waals surface area contributed by atoms with Crippen molar-refractivity contribution in [3.8, 4) is 0 Å². The van der Waals surface area contributed by atoms with E-state index in [1.165, 1.54) is 12.3 Å². The molecule has 2 N–H and O–H groups in total. The van der Waals surface area contributed by atoms with Gasteiger partial charge in [-0.25, -0.2) is 0 Å². The van der Waals surface area contributed by atoms with Gasteiger partial charge in [-0.15, -0.1) is 12.4 Å². The maximum Gasteiger partial charge on any atom is 0.455 e. The van der Waals surface area contributed by atoms with Crippen LogP contribution in [0.25, 0.3) is 0 Å². The summed E-state index contributed by atoms with van der Waals surface area (Å²) >= 11 is 0. The van der Waals surface area contributed by atoms with Crippen LogP contribution in [0.5, 0.6) is 0 Å². The lowest BCUT2D eigenvalue weighted by Gasteiger charge is -2.25. The molecule has 0 aliphatic carbocycles. The van der Waals surface area contributed by atoms with Gasteiger partial charge in [0.2, 0.25) is 0 Å². The fraction of sp³-hybridized carbons (Fsp3) is 0.375. The van der Waals surface area contributed by atoms with Crippen LogP contribution in [0, 0.1) is 0 Å². The zero-order valence-electron chi connectivity index (χ0n) is 7.71. The summed E-state index contributed by atoms with van der Waals surface area (Å²) in [4.78, 5) is 3.42. The van der Waals surface area contributed by atoms with Gasteiger partial charge in [-0.1, -0.05) is 6.07 Å². The molecule has 92 valence electrons. The monoisotopic (exact) mass is 262 g/mol.